The molecule has 208 valence electrons. The Hall–Kier alpha value is -1.05. The van der Waals surface area contributed by atoms with Gasteiger partial charge in [-0.3, -0.25) is 4.79 Å². The second kappa shape index (κ2) is 8.99. The molecule has 0 aromatic carbocycles. The predicted octanol–water partition coefficient (Wildman–Crippen LogP) is 4.42. The molecule has 6 heteroatoms. The maximum atomic E-state index is 12.8. The van der Waals surface area contributed by atoms with E-state index in [0.717, 1.165) is 19.3 Å². The molecule has 1 heterocycles. The fourth-order valence-corrected chi connectivity index (χ4v) is 9.38. The molecule has 2 saturated carbocycles. The summed E-state index contributed by atoms with van der Waals surface area (Å²) in [6.45, 7) is 14.5. The van der Waals surface area contributed by atoms with Crippen molar-refractivity contribution in [1.29, 1.82) is 0 Å². The Morgan fingerprint density at radius 3 is 2.54 bits per heavy atom. The average Bonchev–Trinajstić information content (AvgIpc) is 3.37. The normalized spacial score (nSPS) is 47.7. The van der Waals surface area contributed by atoms with Gasteiger partial charge in [-0.1, -0.05) is 45.4 Å². The number of aliphatic hydroxyl groups excluding tert-OH is 2. The van der Waals surface area contributed by atoms with Gasteiger partial charge in [0.1, 0.15) is 6.10 Å². The number of rotatable bonds is 5. The highest BCUT2D eigenvalue weighted by Crippen LogP contribution is 2.68. The summed E-state index contributed by atoms with van der Waals surface area (Å²) in [6.07, 6.45) is 8.27. The monoisotopic (exact) mass is 516 g/mol. The van der Waals surface area contributed by atoms with Crippen LogP contribution in [-0.2, 0) is 14.3 Å². The minimum atomic E-state index is -1.25. The summed E-state index contributed by atoms with van der Waals surface area (Å²) >= 11 is 0. The van der Waals surface area contributed by atoms with Crippen LogP contribution in [0.3, 0.4) is 0 Å². The van der Waals surface area contributed by atoms with Crippen molar-refractivity contribution in [2.45, 2.75) is 111 Å². The van der Waals surface area contributed by atoms with Gasteiger partial charge in [-0.05, 0) is 87.5 Å². The molecule has 1 aliphatic heterocycles. The smallest absolute Gasteiger partial charge is 0.161 e. The van der Waals surface area contributed by atoms with Gasteiger partial charge in [-0.25, -0.2) is 0 Å². The predicted molar refractivity (Wildman–Crippen MR) is 141 cm³/mol. The molecular formula is C31H48O6. The van der Waals surface area contributed by atoms with Gasteiger partial charge in [0.25, 0.3) is 0 Å². The van der Waals surface area contributed by atoms with E-state index in [1.165, 1.54) is 5.57 Å². The van der Waals surface area contributed by atoms with E-state index in [1.54, 1.807) is 13.8 Å². The largest absolute Gasteiger partial charge is 0.392 e. The first kappa shape index (κ1) is 27.5. The van der Waals surface area contributed by atoms with E-state index in [-0.39, 0.29) is 40.3 Å². The van der Waals surface area contributed by atoms with E-state index in [4.69, 9.17) is 9.47 Å². The molecule has 6 nitrogen and oxygen atoms in total. The van der Waals surface area contributed by atoms with E-state index < -0.39 is 35.6 Å². The van der Waals surface area contributed by atoms with Crippen molar-refractivity contribution in [2.24, 2.45) is 45.8 Å². The molecule has 5 aliphatic rings. The summed E-state index contributed by atoms with van der Waals surface area (Å²) in [6, 6.07) is 0. The number of aliphatic hydroxyl groups is 3. The van der Waals surface area contributed by atoms with Gasteiger partial charge in [-0.2, -0.15) is 0 Å². The molecule has 0 unspecified atom stereocenters. The van der Waals surface area contributed by atoms with E-state index >= 15 is 0 Å². The van der Waals surface area contributed by atoms with Crippen molar-refractivity contribution in [3.8, 4) is 0 Å². The third-order valence-electron chi connectivity index (χ3n) is 11.5. The van der Waals surface area contributed by atoms with Crippen LogP contribution < -0.4 is 0 Å². The number of hydrogen-bond donors (Lipinski definition) is 3. The summed E-state index contributed by atoms with van der Waals surface area (Å²) in [5, 5.41) is 32.9. The molecule has 11 atom stereocenters. The first-order valence-corrected chi connectivity index (χ1v) is 14.5. The van der Waals surface area contributed by atoms with Crippen LogP contribution in [0.1, 0.15) is 80.6 Å². The molecule has 0 bridgehead atoms. The highest BCUT2D eigenvalue weighted by atomic mass is 16.7. The maximum Gasteiger partial charge on any atom is 0.161 e. The molecule has 0 aromatic rings. The standard InChI is InChI=1S/C31H48O6/c1-8-36-27-17(15-22(37-27)26(34)29(4,5)35)18-9-10-19-25-20(11-13-30(18,19)6)31(7)14-12-24(33)28(2,3)23(31)16-21(25)32/h10,12,14,17-18,20-23,25-27,32,34-35H,8-9,11,13,15-16H2,1-7H3/t17-,18+,20+,21-,22-,23+,25+,26-,27-,30+,31-/m1/s1. The van der Waals surface area contributed by atoms with Crippen LogP contribution in [0.5, 0.6) is 0 Å². The lowest BCUT2D eigenvalue weighted by Crippen LogP contribution is -2.59. The number of ketones is 1. The van der Waals surface area contributed by atoms with Crippen LogP contribution in [-0.4, -0.2) is 57.9 Å². The van der Waals surface area contributed by atoms with Crippen molar-refractivity contribution in [1.82, 2.24) is 0 Å². The third-order valence-corrected chi connectivity index (χ3v) is 11.5. The van der Waals surface area contributed by atoms with Gasteiger partial charge >= 0.3 is 0 Å². The number of ether oxygens (including phenoxy) is 2. The third kappa shape index (κ3) is 4.04. The second-order valence-corrected chi connectivity index (χ2v) is 14.2. The number of carbonyl (C=O) groups is 1. The summed E-state index contributed by atoms with van der Waals surface area (Å²) in [5.74, 6) is 1.08. The van der Waals surface area contributed by atoms with E-state index in [1.807, 2.05) is 13.0 Å². The minimum absolute atomic E-state index is 0.0764. The summed E-state index contributed by atoms with van der Waals surface area (Å²) < 4.78 is 12.3. The second-order valence-electron chi connectivity index (χ2n) is 14.2. The van der Waals surface area contributed by atoms with Crippen molar-refractivity contribution in [3.63, 3.8) is 0 Å². The Labute approximate surface area is 222 Å². The number of fused-ring (bicyclic) bond motifs is 5. The van der Waals surface area contributed by atoms with Crippen molar-refractivity contribution in [3.05, 3.63) is 23.8 Å². The maximum absolute atomic E-state index is 12.8. The number of carbonyl (C=O) groups excluding carboxylic acids is 1. The summed E-state index contributed by atoms with van der Waals surface area (Å²) in [5.41, 5.74) is -0.532. The number of hydrogen-bond acceptors (Lipinski definition) is 6. The average molecular weight is 517 g/mol. The Bertz CT molecular complexity index is 977. The van der Waals surface area contributed by atoms with E-state index in [0.29, 0.717) is 25.4 Å². The highest BCUT2D eigenvalue weighted by Gasteiger charge is 2.64. The lowest BCUT2D eigenvalue weighted by molar-refractivity contribution is -0.192. The minimum Gasteiger partial charge on any atom is -0.392 e. The molecule has 3 fully saturated rings. The first-order valence-electron chi connectivity index (χ1n) is 14.5. The Morgan fingerprint density at radius 2 is 1.89 bits per heavy atom. The van der Waals surface area contributed by atoms with Gasteiger partial charge in [0.15, 0.2) is 12.1 Å². The Morgan fingerprint density at radius 1 is 1.19 bits per heavy atom. The van der Waals surface area contributed by atoms with Gasteiger partial charge in [-0.15, -0.1) is 0 Å². The van der Waals surface area contributed by atoms with Crippen LogP contribution in [0.4, 0.5) is 0 Å². The van der Waals surface area contributed by atoms with Gasteiger partial charge in [0, 0.05) is 23.9 Å². The topological polar surface area (TPSA) is 96.2 Å². The Kier molecular flexibility index (Phi) is 6.68. The zero-order valence-corrected chi connectivity index (χ0v) is 23.7. The fraction of sp³-hybridized carbons (Fsp3) is 0.839. The Balaban J connectivity index is 1.43. The molecule has 0 spiro atoms. The lowest BCUT2D eigenvalue weighted by Gasteiger charge is -2.61. The van der Waals surface area contributed by atoms with E-state index in [2.05, 4.69) is 39.8 Å². The molecule has 5 rings (SSSR count). The van der Waals surface area contributed by atoms with Crippen molar-refractivity contribution < 1.29 is 29.6 Å². The molecule has 0 radical (unpaired) electrons. The zero-order chi connectivity index (χ0) is 27.1. The van der Waals surface area contributed by atoms with E-state index in [9.17, 15) is 20.1 Å². The quantitative estimate of drug-likeness (QED) is 0.468. The summed E-state index contributed by atoms with van der Waals surface area (Å²) in [4.78, 5) is 12.8. The SMILES string of the molecule is CCO[C@@H]1O[C@@H]([C@@H](O)C(C)(C)O)C[C@@H]1[C@@H]1CC=C2[C@@H]3[C@H](O)C[C@H]4C(C)(C)C(=O)C=C[C@]4(C)[C@H]3CC[C@]21C. The molecule has 4 aliphatic carbocycles. The first-order chi connectivity index (χ1) is 17.2. The van der Waals surface area contributed by atoms with Crippen LogP contribution in [0.25, 0.3) is 0 Å². The van der Waals surface area contributed by atoms with Crippen LogP contribution >= 0.6 is 0 Å². The highest BCUT2D eigenvalue weighted by molar-refractivity contribution is 5.95. The van der Waals surface area contributed by atoms with Crippen molar-refractivity contribution >= 4 is 5.78 Å². The molecule has 3 N–H and O–H groups in total. The summed E-state index contributed by atoms with van der Waals surface area (Å²) in [7, 11) is 0. The van der Waals surface area contributed by atoms with Gasteiger partial charge in [0.05, 0.1) is 17.8 Å². The molecule has 0 amide bonds. The fourth-order valence-electron chi connectivity index (χ4n) is 9.38. The van der Waals surface area contributed by atoms with Crippen molar-refractivity contribution in [2.75, 3.05) is 6.61 Å². The zero-order valence-electron chi connectivity index (χ0n) is 23.7. The molecule has 37 heavy (non-hydrogen) atoms. The van der Waals surface area contributed by atoms with Crippen LogP contribution in [0, 0.1) is 45.8 Å². The van der Waals surface area contributed by atoms with Crippen LogP contribution in [0.15, 0.2) is 23.8 Å². The molecular weight excluding hydrogens is 468 g/mol. The molecule has 1 saturated heterocycles. The van der Waals surface area contributed by atoms with Gasteiger partial charge < -0.3 is 24.8 Å². The van der Waals surface area contributed by atoms with Crippen LogP contribution in [0.2, 0.25) is 0 Å². The number of allylic oxidation sites excluding steroid dienone is 3. The van der Waals surface area contributed by atoms with Gasteiger partial charge in [0.2, 0.25) is 0 Å². The molecule has 0 aromatic heterocycles. The lowest BCUT2D eigenvalue weighted by atomic mass is 9.43.